The molecule has 0 radical (unpaired) electrons. The van der Waals surface area contributed by atoms with E-state index in [4.69, 9.17) is 0 Å². The molecule has 1 atom stereocenters. The molecule has 3 rings (SSSR count). The van der Waals surface area contributed by atoms with E-state index < -0.39 is 24.7 Å². The van der Waals surface area contributed by atoms with Crippen molar-refractivity contribution in [3.05, 3.63) is 24.5 Å². The molecule has 1 amide bonds. The molecule has 0 spiro atoms. The van der Waals surface area contributed by atoms with Gasteiger partial charge in [0.05, 0.1) is 0 Å². The van der Waals surface area contributed by atoms with E-state index in [-0.39, 0.29) is 6.54 Å². The lowest BCUT2D eigenvalue weighted by molar-refractivity contribution is -0.157. The van der Waals surface area contributed by atoms with Crippen molar-refractivity contribution in [1.82, 2.24) is 19.9 Å². The van der Waals surface area contributed by atoms with Crippen LogP contribution < -0.4 is 5.32 Å². The SMILES string of the molecule is O=C1C(Nc2ccc3nccnc3n2)CCN1CC(F)(F)F. The van der Waals surface area contributed by atoms with Gasteiger partial charge in [0.25, 0.3) is 0 Å². The number of amides is 1. The molecule has 22 heavy (non-hydrogen) atoms. The van der Waals surface area contributed by atoms with Gasteiger partial charge < -0.3 is 10.2 Å². The number of fused-ring (bicyclic) bond motifs is 1. The van der Waals surface area contributed by atoms with Crippen LogP contribution in [0.25, 0.3) is 11.2 Å². The molecular weight excluding hydrogens is 299 g/mol. The first-order valence-corrected chi connectivity index (χ1v) is 6.62. The third-order valence-electron chi connectivity index (χ3n) is 3.32. The third-order valence-corrected chi connectivity index (χ3v) is 3.32. The molecule has 2 aromatic heterocycles. The average molecular weight is 311 g/mol. The minimum Gasteiger partial charge on any atom is -0.358 e. The van der Waals surface area contributed by atoms with Crippen LogP contribution in [-0.4, -0.2) is 51.1 Å². The fourth-order valence-electron chi connectivity index (χ4n) is 2.36. The van der Waals surface area contributed by atoms with E-state index in [1.165, 1.54) is 12.4 Å². The second-order valence-corrected chi connectivity index (χ2v) is 4.96. The lowest BCUT2D eigenvalue weighted by atomic mass is 10.2. The Labute approximate surface area is 123 Å². The number of aromatic nitrogens is 3. The molecule has 2 aromatic rings. The molecule has 3 heterocycles. The van der Waals surface area contributed by atoms with Gasteiger partial charge in [0.15, 0.2) is 5.65 Å². The number of carbonyl (C=O) groups excluding carboxylic acids is 1. The van der Waals surface area contributed by atoms with Crippen molar-refractivity contribution in [3.63, 3.8) is 0 Å². The zero-order valence-corrected chi connectivity index (χ0v) is 11.3. The van der Waals surface area contributed by atoms with Crippen LogP contribution in [0.1, 0.15) is 6.42 Å². The van der Waals surface area contributed by atoms with Crippen LogP contribution >= 0.6 is 0 Å². The molecule has 1 saturated heterocycles. The molecule has 1 aliphatic rings. The number of carbonyl (C=O) groups is 1. The Morgan fingerprint density at radius 3 is 2.82 bits per heavy atom. The zero-order valence-electron chi connectivity index (χ0n) is 11.3. The van der Waals surface area contributed by atoms with Crippen LogP contribution in [0.5, 0.6) is 0 Å². The normalized spacial score (nSPS) is 19.0. The molecular formula is C13H12F3N5O. The Morgan fingerprint density at radius 2 is 2.05 bits per heavy atom. The number of anilines is 1. The number of hydrogen-bond acceptors (Lipinski definition) is 5. The van der Waals surface area contributed by atoms with Crippen molar-refractivity contribution in [2.24, 2.45) is 0 Å². The monoisotopic (exact) mass is 311 g/mol. The summed E-state index contributed by atoms with van der Waals surface area (Å²) in [7, 11) is 0. The molecule has 1 unspecified atom stereocenters. The van der Waals surface area contributed by atoms with Crippen molar-refractivity contribution >= 4 is 22.9 Å². The van der Waals surface area contributed by atoms with Gasteiger partial charge in [-0.1, -0.05) is 0 Å². The lowest BCUT2D eigenvalue weighted by Crippen LogP contribution is -2.39. The minimum absolute atomic E-state index is 0.0728. The fourth-order valence-corrected chi connectivity index (χ4v) is 2.36. The summed E-state index contributed by atoms with van der Waals surface area (Å²) in [5.74, 6) is -0.182. The van der Waals surface area contributed by atoms with Gasteiger partial charge in [0, 0.05) is 18.9 Å². The maximum absolute atomic E-state index is 12.4. The standard InChI is InChI=1S/C13H12F3N5O/c14-13(15,16)7-21-6-3-9(12(21)22)19-10-2-1-8-11(20-10)18-5-4-17-8/h1-2,4-5,9H,3,6-7H2,(H,18,19,20). The number of likely N-dealkylation sites (tertiary alicyclic amines) is 1. The highest BCUT2D eigenvalue weighted by atomic mass is 19.4. The maximum Gasteiger partial charge on any atom is 0.406 e. The predicted molar refractivity (Wildman–Crippen MR) is 72.0 cm³/mol. The summed E-state index contributed by atoms with van der Waals surface area (Å²) < 4.78 is 37.1. The minimum atomic E-state index is -4.39. The third kappa shape index (κ3) is 3.07. The maximum atomic E-state index is 12.4. The van der Waals surface area contributed by atoms with Gasteiger partial charge in [-0.3, -0.25) is 9.78 Å². The topological polar surface area (TPSA) is 71.0 Å². The number of pyridine rings is 1. The van der Waals surface area contributed by atoms with E-state index in [0.29, 0.717) is 23.4 Å². The molecule has 0 saturated carbocycles. The Morgan fingerprint density at radius 1 is 1.27 bits per heavy atom. The highest BCUT2D eigenvalue weighted by molar-refractivity contribution is 5.86. The summed E-state index contributed by atoms with van der Waals surface area (Å²) in [5, 5.41) is 2.86. The van der Waals surface area contributed by atoms with Crippen LogP contribution in [0, 0.1) is 0 Å². The first kappa shape index (κ1) is 14.5. The highest BCUT2D eigenvalue weighted by Crippen LogP contribution is 2.22. The Kier molecular flexibility index (Phi) is 3.55. The number of nitrogens with one attached hydrogen (secondary N) is 1. The summed E-state index contributed by atoms with van der Waals surface area (Å²) in [6, 6.07) is 2.60. The van der Waals surface area contributed by atoms with Crippen molar-refractivity contribution < 1.29 is 18.0 Å². The van der Waals surface area contributed by atoms with Crippen LogP contribution in [0.3, 0.4) is 0 Å². The Balaban J connectivity index is 1.71. The van der Waals surface area contributed by atoms with Crippen molar-refractivity contribution in [3.8, 4) is 0 Å². The van der Waals surface area contributed by atoms with Crippen molar-refractivity contribution in [2.45, 2.75) is 18.6 Å². The van der Waals surface area contributed by atoms with Gasteiger partial charge >= 0.3 is 6.18 Å². The summed E-state index contributed by atoms with van der Waals surface area (Å²) in [5.41, 5.74) is 1.01. The first-order chi connectivity index (χ1) is 10.4. The van der Waals surface area contributed by atoms with Gasteiger partial charge in [-0.25, -0.2) is 9.97 Å². The van der Waals surface area contributed by atoms with Crippen LogP contribution in [0.2, 0.25) is 0 Å². The van der Waals surface area contributed by atoms with Crippen molar-refractivity contribution in [1.29, 1.82) is 0 Å². The van der Waals surface area contributed by atoms with Gasteiger partial charge in [-0.15, -0.1) is 0 Å². The van der Waals surface area contributed by atoms with Gasteiger partial charge in [0.2, 0.25) is 5.91 Å². The van der Waals surface area contributed by atoms with E-state index in [2.05, 4.69) is 20.3 Å². The number of nitrogens with zero attached hydrogens (tertiary/aromatic N) is 4. The van der Waals surface area contributed by atoms with E-state index in [1.807, 2.05) is 0 Å². The fraction of sp³-hybridized carbons (Fsp3) is 0.385. The molecule has 0 aliphatic carbocycles. The summed E-state index contributed by atoms with van der Waals surface area (Å²) >= 11 is 0. The largest absolute Gasteiger partial charge is 0.406 e. The van der Waals surface area contributed by atoms with Crippen LogP contribution in [0.4, 0.5) is 19.0 Å². The summed E-state index contributed by atoms with van der Waals surface area (Å²) in [6.07, 6.45) is -1.06. The summed E-state index contributed by atoms with van der Waals surface area (Å²) in [6.45, 7) is -1.15. The quantitative estimate of drug-likeness (QED) is 0.932. The van der Waals surface area contributed by atoms with Gasteiger partial charge in [-0.05, 0) is 18.6 Å². The van der Waals surface area contributed by atoms with Crippen LogP contribution in [-0.2, 0) is 4.79 Å². The number of hydrogen-bond donors (Lipinski definition) is 1. The number of alkyl halides is 3. The molecule has 1 N–H and O–H groups in total. The molecule has 0 bridgehead atoms. The second kappa shape index (κ2) is 5.39. The van der Waals surface area contributed by atoms with Gasteiger partial charge in [0.1, 0.15) is 23.9 Å². The van der Waals surface area contributed by atoms with E-state index in [1.54, 1.807) is 12.1 Å². The Hall–Kier alpha value is -2.45. The zero-order chi connectivity index (χ0) is 15.7. The smallest absolute Gasteiger partial charge is 0.358 e. The van der Waals surface area contributed by atoms with E-state index in [0.717, 1.165) is 4.90 Å². The second-order valence-electron chi connectivity index (χ2n) is 4.96. The van der Waals surface area contributed by atoms with Gasteiger partial charge in [-0.2, -0.15) is 13.2 Å². The number of rotatable bonds is 3. The summed E-state index contributed by atoms with van der Waals surface area (Å²) in [4.78, 5) is 25.1. The molecule has 6 nitrogen and oxygen atoms in total. The molecule has 9 heteroatoms. The number of halogens is 3. The lowest BCUT2D eigenvalue weighted by Gasteiger charge is -2.18. The van der Waals surface area contributed by atoms with Crippen LogP contribution in [0.15, 0.2) is 24.5 Å². The Bertz CT molecular complexity index is 705. The molecule has 1 aliphatic heterocycles. The molecule has 0 aromatic carbocycles. The molecule has 1 fully saturated rings. The first-order valence-electron chi connectivity index (χ1n) is 6.62. The molecule has 116 valence electrons. The predicted octanol–water partition coefficient (Wildman–Crippen LogP) is 1.60. The highest BCUT2D eigenvalue weighted by Gasteiger charge is 2.39. The van der Waals surface area contributed by atoms with E-state index in [9.17, 15) is 18.0 Å². The van der Waals surface area contributed by atoms with E-state index >= 15 is 0 Å². The average Bonchev–Trinajstić information content (AvgIpc) is 2.78. The van der Waals surface area contributed by atoms with Crippen molar-refractivity contribution in [2.75, 3.05) is 18.4 Å².